The number of carbonyl (C=O) groups is 1. The average molecular weight is 372 g/mol. The lowest BCUT2D eigenvalue weighted by atomic mass is 9.99. The molecule has 0 unspecified atom stereocenters. The van der Waals surface area contributed by atoms with Gasteiger partial charge in [0.05, 0.1) is 0 Å². The molecular weight excluding hydrogens is 363 g/mol. The highest BCUT2D eigenvalue weighted by molar-refractivity contribution is 9.11. The standard InChI is InChI=1S/C14H9Br2FO/c1-8-6-10(17)3-5-11(8)14(18)12-4-2-9(15)7-13(12)16/h2-7H,1H3. The van der Waals surface area contributed by atoms with Crippen LogP contribution in [0.1, 0.15) is 21.5 Å². The van der Waals surface area contributed by atoms with Gasteiger partial charge >= 0.3 is 0 Å². The van der Waals surface area contributed by atoms with Crippen LogP contribution < -0.4 is 0 Å². The van der Waals surface area contributed by atoms with Gasteiger partial charge < -0.3 is 0 Å². The van der Waals surface area contributed by atoms with Crippen molar-refractivity contribution in [3.63, 3.8) is 0 Å². The minimum absolute atomic E-state index is 0.119. The molecule has 4 heteroatoms. The van der Waals surface area contributed by atoms with Gasteiger partial charge in [0.2, 0.25) is 0 Å². The molecule has 0 atom stereocenters. The molecule has 2 rings (SSSR count). The molecule has 18 heavy (non-hydrogen) atoms. The molecule has 0 aliphatic rings. The van der Waals surface area contributed by atoms with Crippen molar-refractivity contribution in [2.45, 2.75) is 6.92 Å². The fourth-order valence-corrected chi connectivity index (χ4v) is 2.93. The Balaban J connectivity index is 2.48. The molecule has 1 nitrogen and oxygen atoms in total. The molecule has 0 aromatic heterocycles. The van der Waals surface area contributed by atoms with Gasteiger partial charge in [-0.2, -0.15) is 0 Å². The summed E-state index contributed by atoms with van der Waals surface area (Å²) < 4.78 is 14.6. The molecule has 0 fully saturated rings. The van der Waals surface area contributed by atoms with Crippen molar-refractivity contribution in [3.05, 3.63) is 67.9 Å². The Bertz CT molecular complexity index is 570. The summed E-state index contributed by atoms with van der Waals surface area (Å²) in [5.74, 6) is -0.453. The van der Waals surface area contributed by atoms with Crippen LogP contribution in [0.15, 0.2) is 45.3 Å². The normalized spacial score (nSPS) is 10.4. The molecule has 0 bridgehead atoms. The Hall–Kier alpha value is -1.000. The Morgan fingerprint density at radius 2 is 1.72 bits per heavy atom. The number of carbonyl (C=O) groups excluding carboxylic acids is 1. The summed E-state index contributed by atoms with van der Waals surface area (Å²) in [5.41, 5.74) is 1.71. The van der Waals surface area contributed by atoms with E-state index < -0.39 is 0 Å². The Kier molecular flexibility index (Phi) is 3.97. The zero-order chi connectivity index (χ0) is 13.3. The van der Waals surface area contributed by atoms with Gasteiger partial charge in [-0.3, -0.25) is 4.79 Å². The summed E-state index contributed by atoms with van der Waals surface area (Å²) in [6.45, 7) is 1.73. The predicted molar refractivity (Wildman–Crippen MR) is 76.4 cm³/mol. The number of halogens is 3. The fourth-order valence-electron chi connectivity index (χ4n) is 1.70. The summed E-state index contributed by atoms with van der Waals surface area (Å²) >= 11 is 6.69. The summed E-state index contributed by atoms with van der Waals surface area (Å²) in [6.07, 6.45) is 0. The number of hydrogen-bond acceptors (Lipinski definition) is 1. The first-order valence-electron chi connectivity index (χ1n) is 5.25. The van der Waals surface area contributed by atoms with E-state index >= 15 is 0 Å². The highest BCUT2D eigenvalue weighted by Crippen LogP contribution is 2.25. The SMILES string of the molecule is Cc1cc(F)ccc1C(=O)c1ccc(Br)cc1Br. The van der Waals surface area contributed by atoms with Crippen molar-refractivity contribution in [1.29, 1.82) is 0 Å². The van der Waals surface area contributed by atoms with Crippen LogP contribution in [0.3, 0.4) is 0 Å². The number of aryl methyl sites for hydroxylation is 1. The van der Waals surface area contributed by atoms with Gasteiger partial charge in [-0.1, -0.05) is 15.9 Å². The van der Waals surface area contributed by atoms with E-state index in [1.54, 1.807) is 19.1 Å². The van der Waals surface area contributed by atoms with Gasteiger partial charge in [0.25, 0.3) is 0 Å². The van der Waals surface area contributed by atoms with Crippen molar-refractivity contribution in [1.82, 2.24) is 0 Å². The molecule has 2 aromatic rings. The second-order valence-electron chi connectivity index (χ2n) is 3.91. The van der Waals surface area contributed by atoms with E-state index in [4.69, 9.17) is 0 Å². The van der Waals surface area contributed by atoms with Crippen LogP contribution in [0.5, 0.6) is 0 Å². The summed E-state index contributed by atoms with van der Waals surface area (Å²) in [7, 11) is 0. The smallest absolute Gasteiger partial charge is 0.194 e. The third kappa shape index (κ3) is 2.70. The maximum Gasteiger partial charge on any atom is 0.194 e. The topological polar surface area (TPSA) is 17.1 Å². The lowest BCUT2D eigenvalue weighted by Crippen LogP contribution is -2.05. The minimum atomic E-state index is -0.334. The van der Waals surface area contributed by atoms with Crippen molar-refractivity contribution < 1.29 is 9.18 Å². The number of benzene rings is 2. The average Bonchev–Trinajstić information content (AvgIpc) is 2.28. The molecule has 0 heterocycles. The molecule has 0 saturated carbocycles. The zero-order valence-electron chi connectivity index (χ0n) is 9.51. The largest absolute Gasteiger partial charge is 0.289 e. The van der Waals surface area contributed by atoms with Crippen LogP contribution in [0.4, 0.5) is 4.39 Å². The zero-order valence-corrected chi connectivity index (χ0v) is 12.7. The lowest BCUT2D eigenvalue weighted by Gasteiger charge is -2.07. The summed E-state index contributed by atoms with van der Waals surface area (Å²) in [6, 6.07) is 9.52. The van der Waals surface area contributed by atoms with Crippen LogP contribution in [-0.4, -0.2) is 5.78 Å². The second-order valence-corrected chi connectivity index (χ2v) is 5.68. The van der Waals surface area contributed by atoms with Gasteiger partial charge in [-0.05, 0) is 64.8 Å². The first-order chi connectivity index (χ1) is 8.49. The molecule has 2 aromatic carbocycles. The first kappa shape index (κ1) is 13.4. The first-order valence-corrected chi connectivity index (χ1v) is 6.83. The van der Waals surface area contributed by atoms with E-state index in [0.29, 0.717) is 21.2 Å². The van der Waals surface area contributed by atoms with Crippen LogP contribution in [0.25, 0.3) is 0 Å². The highest BCUT2D eigenvalue weighted by atomic mass is 79.9. The van der Waals surface area contributed by atoms with Crippen LogP contribution >= 0.6 is 31.9 Å². The Morgan fingerprint density at radius 3 is 2.33 bits per heavy atom. The Labute approximate surface area is 121 Å². The van der Waals surface area contributed by atoms with E-state index in [-0.39, 0.29) is 11.6 Å². The molecular formula is C14H9Br2FO. The molecule has 0 spiro atoms. The van der Waals surface area contributed by atoms with E-state index in [1.807, 2.05) is 6.07 Å². The molecule has 0 aliphatic heterocycles. The van der Waals surface area contributed by atoms with Crippen molar-refractivity contribution in [2.24, 2.45) is 0 Å². The molecule has 92 valence electrons. The van der Waals surface area contributed by atoms with Gasteiger partial charge in [-0.25, -0.2) is 4.39 Å². The van der Waals surface area contributed by atoms with Crippen LogP contribution in [-0.2, 0) is 0 Å². The van der Waals surface area contributed by atoms with E-state index in [0.717, 1.165) is 4.47 Å². The quantitative estimate of drug-likeness (QED) is 0.687. The van der Waals surface area contributed by atoms with Gasteiger partial charge in [0.15, 0.2) is 5.78 Å². The van der Waals surface area contributed by atoms with E-state index in [9.17, 15) is 9.18 Å². The van der Waals surface area contributed by atoms with Crippen LogP contribution in [0, 0.1) is 12.7 Å². The number of rotatable bonds is 2. The molecule has 0 N–H and O–H groups in total. The van der Waals surface area contributed by atoms with Crippen LogP contribution in [0.2, 0.25) is 0 Å². The van der Waals surface area contributed by atoms with Crippen molar-refractivity contribution >= 4 is 37.6 Å². The molecule has 0 radical (unpaired) electrons. The van der Waals surface area contributed by atoms with E-state index in [1.165, 1.54) is 18.2 Å². The minimum Gasteiger partial charge on any atom is -0.289 e. The fraction of sp³-hybridized carbons (Fsp3) is 0.0714. The number of ketones is 1. The monoisotopic (exact) mass is 370 g/mol. The predicted octanol–water partition coefficient (Wildman–Crippen LogP) is 4.89. The maximum atomic E-state index is 13.0. The van der Waals surface area contributed by atoms with Gasteiger partial charge in [0.1, 0.15) is 5.82 Å². The molecule has 0 aliphatic carbocycles. The summed E-state index contributed by atoms with van der Waals surface area (Å²) in [5, 5.41) is 0. The highest BCUT2D eigenvalue weighted by Gasteiger charge is 2.15. The Morgan fingerprint density at radius 1 is 1.06 bits per heavy atom. The van der Waals surface area contributed by atoms with Gasteiger partial charge in [-0.15, -0.1) is 0 Å². The molecule has 0 saturated heterocycles. The number of hydrogen-bond donors (Lipinski definition) is 0. The second kappa shape index (κ2) is 5.33. The van der Waals surface area contributed by atoms with Crippen molar-refractivity contribution in [2.75, 3.05) is 0 Å². The van der Waals surface area contributed by atoms with Crippen molar-refractivity contribution in [3.8, 4) is 0 Å². The van der Waals surface area contributed by atoms with E-state index in [2.05, 4.69) is 31.9 Å². The molecule has 0 amide bonds. The summed E-state index contributed by atoms with van der Waals surface area (Å²) in [4.78, 5) is 12.3. The van der Waals surface area contributed by atoms with Gasteiger partial charge in [0, 0.05) is 20.1 Å². The third-order valence-electron chi connectivity index (χ3n) is 2.61. The lowest BCUT2D eigenvalue weighted by molar-refractivity contribution is 0.103. The third-order valence-corrected chi connectivity index (χ3v) is 3.76. The maximum absolute atomic E-state index is 13.0.